The van der Waals surface area contributed by atoms with E-state index >= 15 is 0 Å². The van der Waals surface area contributed by atoms with E-state index in [4.69, 9.17) is 15.2 Å². The van der Waals surface area contributed by atoms with Crippen LogP contribution in [0.15, 0.2) is 18.2 Å². The molecule has 7 bridgehead atoms. The molecule has 1 aromatic rings. The van der Waals surface area contributed by atoms with Crippen molar-refractivity contribution in [3.05, 3.63) is 29.3 Å². The van der Waals surface area contributed by atoms with Crippen molar-refractivity contribution >= 4 is 0 Å². The molecule has 1 unspecified atom stereocenters. The Morgan fingerprint density at radius 3 is 2.51 bits per heavy atom. The van der Waals surface area contributed by atoms with Crippen molar-refractivity contribution in [3.63, 3.8) is 0 Å². The van der Waals surface area contributed by atoms with Crippen LogP contribution < -0.4 is 5.73 Å². The molecule has 5 nitrogen and oxygen atoms in total. The highest BCUT2D eigenvalue weighted by Gasteiger charge is 2.81. The maximum atomic E-state index is 11.2. The highest BCUT2D eigenvalue weighted by molar-refractivity contribution is 5.48. The molecular formula is C42H59NO4. The first-order valence-corrected chi connectivity index (χ1v) is 19.6. The zero-order valence-electron chi connectivity index (χ0n) is 29.1. The highest BCUT2D eigenvalue weighted by atomic mass is 16.5. The van der Waals surface area contributed by atoms with Gasteiger partial charge in [-0.05, 0) is 142 Å². The molecule has 2 heterocycles. The van der Waals surface area contributed by atoms with Gasteiger partial charge < -0.3 is 25.4 Å². The number of aliphatic hydroxyl groups is 1. The molecule has 47 heavy (non-hydrogen) atoms. The summed E-state index contributed by atoms with van der Waals surface area (Å²) in [5, 5.41) is 22.1. The predicted molar refractivity (Wildman–Crippen MR) is 184 cm³/mol. The molecule has 3 spiro atoms. The van der Waals surface area contributed by atoms with Crippen LogP contribution in [0, 0.1) is 58.2 Å². The molecule has 6 saturated carbocycles. The van der Waals surface area contributed by atoms with Crippen LogP contribution in [0.1, 0.15) is 127 Å². The number of aromatic hydroxyl groups is 1. The Labute approximate surface area is 283 Å². The van der Waals surface area contributed by atoms with E-state index in [0.717, 1.165) is 58.0 Å². The lowest BCUT2D eigenvalue weighted by molar-refractivity contribution is -0.395. The molecule has 8 fully saturated rings. The first kappa shape index (κ1) is 31.4. The summed E-state index contributed by atoms with van der Waals surface area (Å²) in [6.45, 7) is 3.33. The van der Waals surface area contributed by atoms with E-state index in [-0.39, 0.29) is 40.8 Å². The molecule has 1 aromatic carbocycles. The molecule has 9 aliphatic rings. The quantitative estimate of drug-likeness (QED) is 0.299. The van der Waals surface area contributed by atoms with Gasteiger partial charge in [0.15, 0.2) is 0 Å². The van der Waals surface area contributed by atoms with Crippen LogP contribution in [0.3, 0.4) is 0 Å². The Kier molecular flexibility index (Phi) is 7.16. The van der Waals surface area contributed by atoms with Gasteiger partial charge in [0.05, 0.1) is 22.5 Å². The van der Waals surface area contributed by atoms with Gasteiger partial charge in [0.2, 0.25) is 0 Å². The number of nitrogens with two attached hydrogens (primary N) is 1. The molecular weight excluding hydrogens is 582 g/mol. The molecule has 4 N–H and O–H groups in total. The van der Waals surface area contributed by atoms with Crippen LogP contribution in [0.4, 0.5) is 0 Å². The standard InChI is InChI=1S/C42H59NO4/c1-37-17-10-31(26-46-2)40-19-11-30(25-44)42(43,36(37)40)35-12-18-39(15-4-3-5-16-39)34-22-33(45)9-8-29(34)20-28-21-32(41(35,27-40)47-37)24-38(23-28)13-6-7-14-38/h8-9,22,28,30-32,35-36,44-45H,3-7,10-11,13-17,19-21,23-27,43H2,1-2H3/t28-,30+,31+,32+,35?,36-,37-,40+,41-,42+/m1/s1. The summed E-state index contributed by atoms with van der Waals surface area (Å²) >= 11 is 0. The van der Waals surface area contributed by atoms with E-state index in [1.54, 1.807) is 0 Å². The number of benzene rings is 1. The zero-order valence-corrected chi connectivity index (χ0v) is 29.1. The lowest BCUT2D eigenvalue weighted by Gasteiger charge is -2.80. The average molecular weight is 642 g/mol. The molecule has 256 valence electrons. The molecule has 7 aliphatic carbocycles. The average Bonchev–Trinajstić information content (AvgIpc) is 3.49. The van der Waals surface area contributed by atoms with E-state index in [2.05, 4.69) is 30.9 Å². The van der Waals surface area contributed by atoms with Crippen LogP contribution >= 0.6 is 0 Å². The molecule has 0 aromatic heterocycles. The number of phenols is 1. The van der Waals surface area contributed by atoms with Gasteiger partial charge in [0.1, 0.15) is 5.75 Å². The Balaban J connectivity index is 1.31. The second kappa shape index (κ2) is 10.7. The van der Waals surface area contributed by atoms with Crippen LogP contribution in [0.25, 0.3) is 0 Å². The number of aliphatic hydroxyl groups excluding tert-OH is 1. The minimum Gasteiger partial charge on any atom is -0.508 e. The SMILES string of the molecule is COC[C@@H]1CC[C@@]2(C)O[C@@]34C[C@@]15CC[C@@H](CO)[C@](N)(C3C#CC1(CCCCC1)c1cc(O)ccc1C[C@@H]1C[C@H]4CC3(CCCC3)C1)[C@@H]52. The summed E-state index contributed by atoms with van der Waals surface area (Å²) in [5.41, 5.74) is 9.72. The van der Waals surface area contributed by atoms with Crippen molar-refractivity contribution in [3.8, 4) is 17.6 Å². The Morgan fingerprint density at radius 2 is 1.74 bits per heavy atom. The van der Waals surface area contributed by atoms with Gasteiger partial charge in [-0.25, -0.2) is 0 Å². The molecule has 10 atom stereocenters. The lowest BCUT2D eigenvalue weighted by atomic mass is 9.31. The summed E-state index contributed by atoms with van der Waals surface area (Å²) in [5.74, 6) is 10.1. The smallest absolute Gasteiger partial charge is 0.115 e. The Bertz CT molecular complexity index is 1470. The zero-order chi connectivity index (χ0) is 32.3. The topological polar surface area (TPSA) is 84.9 Å². The number of hydrogen-bond acceptors (Lipinski definition) is 5. The minimum absolute atomic E-state index is 0.0210. The summed E-state index contributed by atoms with van der Waals surface area (Å²) in [6, 6.07) is 6.26. The van der Waals surface area contributed by atoms with Crippen LogP contribution in [0.2, 0.25) is 0 Å². The van der Waals surface area contributed by atoms with E-state index in [1.165, 1.54) is 75.3 Å². The van der Waals surface area contributed by atoms with Gasteiger partial charge in [0, 0.05) is 37.7 Å². The number of hydrogen-bond donors (Lipinski definition) is 3. The van der Waals surface area contributed by atoms with Gasteiger partial charge in [-0.1, -0.05) is 50.0 Å². The number of methoxy groups -OCH3 is 1. The van der Waals surface area contributed by atoms with E-state index in [1.807, 2.05) is 13.2 Å². The Morgan fingerprint density at radius 1 is 0.979 bits per heavy atom. The van der Waals surface area contributed by atoms with Gasteiger partial charge in [-0.2, -0.15) is 0 Å². The summed E-state index contributed by atoms with van der Waals surface area (Å²) in [4.78, 5) is 0. The van der Waals surface area contributed by atoms with Gasteiger partial charge in [-0.3, -0.25) is 0 Å². The molecule has 0 amide bonds. The third-order valence-corrected chi connectivity index (χ3v) is 16.4. The van der Waals surface area contributed by atoms with E-state index in [9.17, 15) is 10.2 Å². The largest absolute Gasteiger partial charge is 0.508 e. The highest BCUT2D eigenvalue weighted by Crippen LogP contribution is 2.77. The maximum Gasteiger partial charge on any atom is 0.115 e. The van der Waals surface area contributed by atoms with Crippen LogP contribution in [-0.2, 0) is 21.3 Å². The first-order chi connectivity index (χ1) is 22.6. The molecule has 10 rings (SSSR count). The number of rotatable bonds is 3. The van der Waals surface area contributed by atoms with Crippen molar-refractivity contribution < 1.29 is 19.7 Å². The van der Waals surface area contributed by atoms with Crippen LogP contribution in [0.5, 0.6) is 5.75 Å². The van der Waals surface area contributed by atoms with E-state index < -0.39 is 11.1 Å². The third kappa shape index (κ3) is 4.23. The fourth-order valence-corrected chi connectivity index (χ4v) is 15.0. The van der Waals surface area contributed by atoms with Gasteiger partial charge in [-0.15, -0.1) is 0 Å². The van der Waals surface area contributed by atoms with Crippen molar-refractivity contribution in [2.45, 2.75) is 145 Å². The number of fused-ring (bicyclic) bond motifs is 4. The normalized spacial score (nSPS) is 47.0. The van der Waals surface area contributed by atoms with Crippen molar-refractivity contribution in [1.82, 2.24) is 0 Å². The fraction of sp³-hybridized carbons (Fsp3) is 0.810. The fourth-order valence-electron chi connectivity index (χ4n) is 15.0. The van der Waals surface area contributed by atoms with Crippen LogP contribution in [-0.4, -0.2) is 47.3 Å². The Hall–Kier alpha value is -1.58. The summed E-state index contributed by atoms with van der Waals surface area (Å²) in [6.07, 6.45) is 21.1. The predicted octanol–water partition coefficient (Wildman–Crippen LogP) is 7.44. The monoisotopic (exact) mass is 641 g/mol. The maximum absolute atomic E-state index is 11.2. The minimum atomic E-state index is -0.612. The molecule has 2 saturated heterocycles. The van der Waals surface area contributed by atoms with Crippen molar-refractivity contribution in [1.29, 1.82) is 0 Å². The summed E-state index contributed by atoms with van der Waals surface area (Å²) < 4.78 is 14.0. The molecule has 0 radical (unpaired) electrons. The number of phenolic OH excluding ortho intramolecular Hbond substituents is 1. The van der Waals surface area contributed by atoms with Gasteiger partial charge >= 0.3 is 0 Å². The third-order valence-electron chi connectivity index (χ3n) is 16.4. The lowest BCUT2D eigenvalue weighted by Crippen LogP contribution is -2.87. The number of ether oxygens (including phenoxy) is 2. The van der Waals surface area contributed by atoms with Crippen molar-refractivity contribution in [2.75, 3.05) is 20.3 Å². The first-order valence-electron chi connectivity index (χ1n) is 19.6. The van der Waals surface area contributed by atoms with E-state index in [0.29, 0.717) is 28.9 Å². The van der Waals surface area contributed by atoms with Crippen molar-refractivity contribution in [2.24, 2.45) is 52.1 Å². The van der Waals surface area contributed by atoms with Gasteiger partial charge in [0.25, 0.3) is 0 Å². The second-order valence-electron chi connectivity index (χ2n) is 18.6. The molecule has 5 heteroatoms. The molecule has 2 aliphatic heterocycles. The second-order valence-corrected chi connectivity index (χ2v) is 18.6. The summed E-state index contributed by atoms with van der Waals surface area (Å²) in [7, 11) is 1.88.